The Morgan fingerprint density at radius 2 is 2.07 bits per heavy atom. The molecule has 3 N–H and O–H groups in total. The molecule has 4 nitrogen and oxygen atoms in total. The van der Waals surface area contributed by atoms with Crippen LogP contribution in [-0.4, -0.2) is 9.78 Å². The molecule has 72 valence electrons. The van der Waals surface area contributed by atoms with Crippen molar-refractivity contribution in [2.45, 2.75) is 0 Å². The summed E-state index contributed by atoms with van der Waals surface area (Å²) in [6.07, 6.45) is 1.33. The molecule has 1 heterocycles. The second-order valence-electron chi connectivity index (χ2n) is 2.82. The molecule has 14 heavy (non-hydrogen) atoms. The molecule has 2 aromatic rings. The molecule has 0 spiro atoms. The van der Waals surface area contributed by atoms with Gasteiger partial charge in [0, 0.05) is 6.20 Å². The SMILES string of the molecule is Nc1c[nH]n(-c2ccccc2F)c1=O. The van der Waals surface area contributed by atoms with Gasteiger partial charge in [0.05, 0.1) is 0 Å². The second-order valence-corrected chi connectivity index (χ2v) is 2.82. The molecular weight excluding hydrogens is 185 g/mol. The van der Waals surface area contributed by atoms with Crippen molar-refractivity contribution in [1.82, 2.24) is 9.78 Å². The van der Waals surface area contributed by atoms with E-state index in [9.17, 15) is 9.18 Å². The summed E-state index contributed by atoms with van der Waals surface area (Å²) in [6, 6.07) is 5.96. The van der Waals surface area contributed by atoms with Crippen molar-refractivity contribution in [2.75, 3.05) is 5.73 Å². The number of nitrogens with two attached hydrogens (primary N) is 1. The summed E-state index contributed by atoms with van der Waals surface area (Å²) < 4.78 is 14.3. The standard InChI is InChI=1S/C9H8FN3O/c10-6-3-1-2-4-8(6)13-9(14)7(11)5-12-13/h1-5,12H,11H2. The van der Waals surface area contributed by atoms with Gasteiger partial charge >= 0.3 is 0 Å². The van der Waals surface area contributed by atoms with Gasteiger partial charge in [-0.3, -0.25) is 9.89 Å². The van der Waals surface area contributed by atoms with E-state index < -0.39 is 11.4 Å². The van der Waals surface area contributed by atoms with Crippen molar-refractivity contribution in [2.24, 2.45) is 0 Å². The minimum absolute atomic E-state index is 0.0632. The van der Waals surface area contributed by atoms with Crippen LogP contribution in [-0.2, 0) is 0 Å². The summed E-state index contributed by atoms with van der Waals surface area (Å²) in [6.45, 7) is 0. The van der Waals surface area contributed by atoms with Crippen LogP contribution in [0.5, 0.6) is 0 Å². The molecule has 0 bridgehead atoms. The number of anilines is 1. The van der Waals surface area contributed by atoms with Gasteiger partial charge in [-0.15, -0.1) is 0 Å². The van der Waals surface area contributed by atoms with Crippen molar-refractivity contribution in [3.63, 3.8) is 0 Å². The molecule has 2 rings (SSSR count). The monoisotopic (exact) mass is 193 g/mol. The van der Waals surface area contributed by atoms with Crippen LogP contribution < -0.4 is 11.3 Å². The Morgan fingerprint density at radius 1 is 1.36 bits per heavy atom. The fourth-order valence-electron chi connectivity index (χ4n) is 1.20. The van der Waals surface area contributed by atoms with Crippen molar-refractivity contribution in [3.8, 4) is 5.69 Å². The number of aromatic nitrogens is 2. The minimum atomic E-state index is -0.476. The van der Waals surface area contributed by atoms with E-state index in [-0.39, 0.29) is 11.4 Å². The smallest absolute Gasteiger partial charge is 0.294 e. The summed E-state index contributed by atoms with van der Waals surface area (Å²) in [5.41, 5.74) is 5.12. The number of benzene rings is 1. The summed E-state index contributed by atoms with van der Waals surface area (Å²) >= 11 is 0. The highest BCUT2D eigenvalue weighted by Crippen LogP contribution is 2.09. The predicted octanol–water partition coefficient (Wildman–Crippen LogP) is 0.887. The topological polar surface area (TPSA) is 63.8 Å². The lowest BCUT2D eigenvalue weighted by molar-refractivity contribution is 0.608. The molecule has 0 aliphatic rings. The van der Waals surface area contributed by atoms with E-state index in [4.69, 9.17) is 5.73 Å². The summed E-state index contributed by atoms with van der Waals surface area (Å²) in [4.78, 5) is 11.4. The van der Waals surface area contributed by atoms with Gasteiger partial charge in [-0.05, 0) is 12.1 Å². The Labute approximate surface area is 78.8 Å². The zero-order valence-electron chi connectivity index (χ0n) is 7.20. The van der Waals surface area contributed by atoms with Gasteiger partial charge in [-0.25, -0.2) is 9.07 Å². The van der Waals surface area contributed by atoms with Gasteiger partial charge in [0.25, 0.3) is 5.56 Å². The zero-order valence-corrected chi connectivity index (χ0v) is 7.20. The number of nitrogens with one attached hydrogen (secondary N) is 1. The molecule has 1 aromatic heterocycles. The first-order valence-electron chi connectivity index (χ1n) is 4.01. The molecular formula is C9H8FN3O. The lowest BCUT2D eigenvalue weighted by Crippen LogP contribution is -2.17. The highest BCUT2D eigenvalue weighted by Gasteiger charge is 2.07. The van der Waals surface area contributed by atoms with E-state index in [1.165, 1.54) is 18.3 Å². The molecule has 0 fully saturated rings. The van der Waals surface area contributed by atoms with Crippen molar-refractivity contribution in [1.29, 1.82) is 0 Å². The molecule has 0 aliphatic heterocycles. The van der Waals surface area contributed by atoms with E-state index >= 15 is 0 Å². The van der Waals surface area contributed by atoms with Crippen LogP contribution in [0.25, 0.3) is 5.69 Å². The number of rotatable bonds is 1. The van der Waals surface area contributed by atoms with E-state index in [2.05, 4.69) is 5.10 Å². The lowest BCUT2D eigenvalue weighted by atomic mass is 10.3. The van der Waals surface area contributed by atoms with Crippen LogP contribution in [0, 0.1) is 5.82 Å². The number of hydrogen-bond acceptors (Lipinski definition) is 2. The van der Waals surface area contributed by atoms with Crippen LogP contribution in [0.4, 0.5) is 10.1 Å². The Kier molecular flexibility index (Phi) is 1.85. The van der Waals surface area contributed by atoms with Crippen molar-refractivity contribution in [3.05, 3.63) is 46.6 Å². The third kappa shape index (κ3) is 1.19. The molecule has 1 aromatic carbocycles. The summed E-state index contributed by atoms with van der Waals surface area (Å²) in [5.74, 6) is -0.476. The average Bonchev–Trinajstić information content (AvgIpc) is 2.49. The first kappa shape index (κ1) is 8.55. The molecule has 0 saturated carbocycles. The predicted molar refractivity (Wildman–Crippen MR) is 50.8 cm³/mol. The van der Waals surface area contributed by atoms with E-state index in [1.54, 1.807) is 12.1 Å². The number of para-hydroxylation sites is 1. The number of nitrogen functional groups attached to an aromatic ring is 1. The molecule has 0 aliphatic carbocycles. The number of halogens is 1. The minimum Gasteiger partial charge on any atom is -0.393 e. The van der Waals surface area contributed by atoms with E-state index in [0.717, 1.165) is 4.68 Å². The average molecular weight is 193 g/mol. The Balaban J connectivity index is 2.67. The van der Waals surface area contributed by atoms with Gasteiger partial charge in [-0.1, -0.05) is 12.1 Å². The molecule has 0 unspecified atom stereocenters. The van der Waals surface area contributed by atoms with Crippen LogP contribution in [0.15, 0.2) is 35.3 Å². The highest BCUT2D eigenvalue weighted by atomic mass is 19.1. The molecule has 0 atom stereocenters. The Morgan fingerprint density at radius 3 is 2.64 bits per heavy atom. The third-order valence-corrected chi connectivity index (χ3v) is 1.89. The maximum absolute atomic E-state index is 13.2. The van der Waals surface area contributed by atoms with Crippen LogP contribution in [0.1, 0.15) is 0 Å². The largest absolute Gasteiger partial charge is 0.393 e. The second kappa shape index (κ2) is 3.02. The number of H-pyrrole nitrogens is 1. The molecule has 5 heteroatoms. The maximum Gasteiger partial charge on any atom is 0.294 e. The fourth-order valence-corrected chi connectivity index (χ4v) is 1.20. The van der Waals surface area contributed by atoms with Gasteiger partial charge in [0.2, 0.25) is 0 Å². The summed E-state index contributed by atoms with van der Waals surface area (Å²) in [5, 5.41) is 2.57. The quantitative estimate of drug-likeness (QED) is 0.706. The molecule has 0 radical (unpaired) electrons. The first-order valence-corrected chi connectivity index (χ1v) is 4.01. The fraction of sp³-hybridized carbons (Fsp3) is 0. The van der Waals surface area contributed by atoms with Crippen LogP contribution in [0.3, 0.4) is 0 Å². The molecule has 0 saturated heterocycles. The van der Waals surface area contributed by atoms with Crippen molar-refractivity contribution < 1.29 is 4.39 Å². The van der Waals surface area contributed by atoms with Crippen LogP contribution >= 0.6 is 0 Å². The zero-order chi connectivity index (χ0) is 10.1. The van der Waals surface area contributed by atoms with Gasteiger partial charge in [0.15, 0.2) is 0 Å². The van der Waals surface area contributed by atoms with Gasteiger partial charge < -0.3 is 5.73 Å². The summed E-state index contributed by atoms with van der Waals surface area (Å²) in [7, 11) is 0. The Hall–Kier alpha value is -2.04. The van der Waals surface area contributed by atoms with Gasteiger partial charge in [-0.2, -0.15) is 0 Å². The maximum atomic E-state index is 13.2. The first-order chi connectivity index (χ1) is 6.70. The highest BCUT2D eigenvalue weighted by molar-refractivity contribution is 5.38. The number of nitrogens with zero attached hydrogens (tertiary/aromatic N) is 1. The number of aromatic amines is 1. The Bertz CT molecular complexity index is 515. The lowest BCUT2D eigenvalue weighted by Gasteiger charge is -2.01. The van der Waals surface area contributed by atoms with Gasteiger partial charge in [0.1, 0.15) is 17.2 Å². The third-order valence-electron chi connectivity index (χ3n) is 1.89. The van der Waals surface area contributed by atoms with E-state index in [1.807, 2.05) is 0 Å². The molecule has 0 amide bonds. The van der Waals surface area contributed by atoms with Crippen LogP contribution in [0.2, 0.25) is 0 Å². The van der Waals surface area contributed by atoms with E-state index in [0.29, 0.717) is 0 Å². The number of hydrogen-bond donors (Lipinski definition) is 2. The normalized spacial score (nSPS) is 10.4. The van der Waals surface area contributed by atoms with Crippen molar-refractivity contribution >= 4 is 5.69 Å².